The molecule has 1 heterocycles. The number of benzene rings is 1. The van der Waals surface area contributed by atoms with Gasteiger partial charge in [-0.3, -0.25) is 4.79 Å². The largest absolute Gasteiger partial charge is 0.342 e. The molecule has 1 aromatic carbocycles. The van der Waals surface area contributed by atoms with E-state index in [0.29, 0.717) is 16.1 Å². The molecule has 0 spiro atoms. The van der Waals surface area contributed by atoms with Crippen LogP contribution in [0.1, 0.15) is 30.7 Å². The molecule has 114 valence electrons. The van der Waals surface area contributed by atoms with Crippen molar-refractivity contribution in [2.75, 3.05) is 20.1 Å². The minimum Gasteiger partial charge on any atom is -0.342 e. The minimum atomic E-state index is 0.0866. The number of halogens is 2. The predicted octanol–water partition coefficient (Wildman–Crippen LogP) is 3.31. The Morgan fingerprint density at radius 2 is 2.00 bits per heavy atom. The van der Waals surface area contributed by atoms with Crippen LogP contribution in [0.15, 0.2) is 18.2 Å². The summed E-state index contributed by atoms with van der Waals surface area (Å²) in [5.41, 5.74) is 1.05. The maximum Gasteiger partial charge on any atom is 0.226 e. The number of hydrogen-bond donors (Lipinski definition) is 1. The molecule has 3 nitrogen and oxygen atoms in total. The molecule has 1 aliphatic carbocycles. The van der Waals surface area contributed by atoms with Gasteiger partial charge in [-0.15, -0.1) is 0 Å². The van der Waals surface area contributed by atoms with Crippen molar-refractivity contribution in [3.05, 3.63) is 33.8 Å². The first-order chi connectivity index (χ1) is 10.1. The first-order valence-corrected chi connectivity index (χ1v) is 8.26. The number of rotatable bonds is 3. The molecule has 2 atom stereocenters. The van der Waals surface area contributed by atoms with Crippen molar-refractivity contribution in [1.29, 1.82) is 0 Å². The number of carbonyl (C=O) groups is 1. The minimum absolute atomic E-state index is 0.0866. The normalized spacial score (nSPS) is 25.7. The van der Waals surface area contributed by atoms with E-state index in [-0.39, 0.29) is 17.7 Å². The van der Waals surface area contributed by atoms with Gasteiger partial charge in [0, 0.05) is 29.1 Å². The van der Waals surface area contributed by atoms with Crippen LogP contribution in [0.3, 0.4) is 0 Å². The summed E-state index contributed by atoms with van der Waals surface area (Å²) in [4.78, 5) is 14.6. The Labute approximate surface area is 135 Å². The summed E-state index contributed by atoms with van der Waals surface area (Å²) < 4.78 is 0. The Balaban J connectivity index is 1.65. The zero-order chi connectivity index (χ0) is 15.0. The summed E-state index contributed by atoms with van der Waals surface area (Å²) in [6.07, 6.45) is 2.98. The molecule has 1 aliphatic heterocycles. The lowest BCUT2D eigenvalue weighted by atomic mass is 10.0. The van der Waals surface area contributed by atoms with Gasteiger partial charge in [0.15, 0.2) is 0 Å². The van der Waals surface area contributed by atoms with Gasteiger partial charge in [0.1, 0.15) is 0 Å². The highest BCUT2D eigenvalue weighted by Gasteiger charge is 2.46. The lowest BCUT2D eigenvalue weighted by Crippen LogP contribution is -2.44. The zero-order valence-electron chi connectivity index (χ0n) is 12.1. The molecular formula is C16H20Cl2N2O. The molecule has 5 heteroatoms. The SMILES string of the molecule is CN(C(=O)[C@@H]1C[C@H]1c1ccc(Cl)cc1Cl)C1CCNCC1. The Morgan fingerprint density at radius 1 is 1.29 bits per heavy atom. The number of piperidine rings is 1. The van der Waals surface area contributed by atoms with Crippen molar-refractivity contribution in [3.63, 3.8) is 0 Å². The van der Waals surface area contributed by atoms with Crippen LogP contribution in [0.4, 0.5) is 0 Å². The van der Waals surface area contributed by atoms with E-state index in [0.717, 1.165) is 37.9 Å². The maximum atomic E-state index is 12.6. The molecule has 1 N–H and O–H groups in total. The Hall–Kier alpha value is -0.770. The van der Waals surface area contributed by atoms with Crippen LogP contribution in [0, 0.1) is 5.92 Å². The van der Waals surface area contributed by atoms with Gasteiger partial charge in [0.05, 0.1) is 0 Å². The van der Waals surface area contributed by atoms with Gasteiger partial charge in [0.2, 0.25) is 5.91 Å². The first-order valence-electron chi connectivity index (χ1n) is 7.50. The predicted molar refractivity (Wildman–Crippen MR) is 86.0 cm³/mol. The third-order valence-electron chi connectivity index (χ3n) is 4.67. The molecule has 0 radical (unpaired) electrons. The molecule has 1 aromatic rings. The van der Waals surface area contributed by atoms with Crippen molar-refractivity contribution in [2.45, 2.75) is 31.2 Å². The molecule has 3 rings (SSSR count). The van der Waals surface area contributed by atoms with Gasteiger partial charge < -0.3 is 10.2 Å². The van der Waals surface area contributed by atoms with E-state index >= 15 is 0 Å². The monoisotopic (exact) mass is 326 g/mol. The fraction of sp³-hybridized carbons (Fsp3) is 0.562. The Bertz CT molecular complexity index is 543. The van der Waals surface area contributed by atoms with Gasteiger partial charge in [-0.1, -0.05) is 29.3 Å². The topological polar surface area (TPSA) is 32.3 Å². The van der Waals surface area contributed by atoms with E-state index in [2.05, 4.69) is 5.32 Å². The summed E-state index contributed by atoms with van der Waals surface area (Å²) in [5, 5.41) is 4.64. The molecular weight excluding hydrogens is 307 g/mol. The van der Waals surface area contributed by atoms with Crippen molar-refractivity contribution in [3.8, 4) is 0 Å². The lowest BCUT2D eigenvalue weighted by Gasteiger charge is -2.32. The molecule has 21 heavy (non-hydrogen) atoms. The van der Waals surface area contributed by atoms with Crippen molar-refractivity contribution in [2.24, 2.45) is 5.92 Å². The van der Waals surface area contributed by atoms with Crippen LogP contribution >= 0.6 is 23.2 Å². The Morgan fingerprint density at radius 3 is 2.67 bits per heavy atom. The Kier molecular flexibility index (Phi) is 4.43. The van der Waals surface area contributed by atoms with Crippen LogP contribution in [-0.2, 0) is 4.79 Å². The van der Waals surface area contributed by atoms with Gasteiger partial charge in [0.25, 0.3) is 0 Å². The number of carbonyl (C=O) groups excluding carboxylic acids is 1. The van der Waals surface area contributed by atoms with E-state index in [1.165, 1.54) is 0 Å². The van der Waals surface area contributed by atoms with Crippen LogP contribution in [0.5, 0.6) is 0 Å². The molecule has 1 amide bonds. The fourth-order valence-electron chi connectivity index (χ4n) is 3.25. The second-order valence-electron chi connectivity index (χ2n) is 6.04. The molecule has 0 unspecified atom stereocenters. The molecule has 2 aliphatic rings. The number of nitrogens with one attached hydrogen (secondary N) is 1. The van der Waals surface area contributed by atoms with E-state index in [1.54, 1.807) is 6.07 Å². The quantitative estimate of drug-likeness (QED) is 0.924. The van der Waals surface area contributed by atoms with Gasteiger partial charge in [-0.25, -0.2) is 0 Å². The lowest BCUT2D eigenvalue weighted by molar-refractivity contribution is -0.133. The van der Waals surface area contributed by atoms with Crippen LogP contribution in [0.25, 0.3) is 0 Å². The average molecular weight is 327 g/mol. The van der Waals surface area contributed by atoms with Gasteiger partial charge in [-0.05, 0) is 56.0 Å². The van der Waals surface area contributed by atoms with Crippen LogP contribution in [0.2, 0.25) is 10.0 Å². The molecule has 0 aromatic heterocycles. The highest BCUT2D eigenvalue weighted by atomic mass is 35.5. The number of hydrogen-bond acceptors (Lipinski definition) is 2. The molecule has 1 saturated carbocycles. The average Bonchev–Trinajstić information content (AvgIpc) is 3.27. The summed E-state index contributed by atoms with van der Waals surface area (Å²) in [7, 11) is 1.94. The standard InChI is InChI=1S/C16H20Cl2N2O/c1-20(11-4-6-19-7-5-11)16(21)14-9-13(14)12-3-2-10(17)8-15(12)18/h2-3,8,11,13-14,19H,4-7,9H2,1H3/t13-,14+/m0/s1. The fourth-order valence-corrected chi connectivity index (χ4v) is 3.80. The number of nitrogens with zero attached hydrogens (tertiary/aromatic N) is 1. The summed E-state index contributed by atoms with van der Waals surface area (Å²) in [6, 6.07) is 5.93. The third kappa shape index (κ3) is 3.20. The summed E-state index contributed by atoms with van der Waals surface area (Å²) in [6.45, 7) is 2.00. The second kappa shape index (κ2) is 6.15. The summed E-state index contributed by atoms with van der Waals surface area (Å²) in [5.74, 6) is 0.605. The van der Waals surface area contributed by atoms with Gasteiger partial charge in [-0.2, -0.15) is 0 Å². The highest BCUT2D eigenvalue weighted by Crippen LogP contribution is 2.51. The smallest absolute Gasteiger partial charge is 0.226 e. The van der Waals surface area contributed by atoms with Gasteiger partial charge >= 0.3 is 0 Å². The van der Waals surface area contributed by atoms with E-state index in [1.807, 2.05) is 24.1 Å². The molecule has 2 fully saturated rings. The zero-order valence-corrected chi connectivity index (χ0v) is 13.6. The van der Waals surface area contributed by atoms with E-state index < -0.39 is 0 Å². The molecule has 1 saturated heterocycles. The van der Waals surface area contributed by atoms with Crippen molar-refractivity contribution < 1.29 is 4.79 Å². The van der Waals surface area contributed by atoms with Crippen molar-refractivity contribution in [1.82, 2.24) is 10.2 Å². The second-order valence-corrected chi connectivity index (χ2v) is 6.89. The van der Waals surface area contributed by atoms with E-state index in [9.17, 15) is 4.79 Å². The van der Waals surface area contributed by atoms with Crippen molar-refractivity contribution >= 4 is 29.1 Å². The van der Waals surface area contributed by atoms with Crippen LogP contribution < -0.4 is 5.32 Å². The van der Waals surface area contributed by atoms with E-state index in [4.69, 9.17) is 23.2 Å². The number of amides is 1. The highest BCUT2D eigenvalue weighted by molar-refractivity contribution is 6.35. The third-order valence-corrected chi connectivity index (χ3v) is 5.24. The molecule has 0 bridgehead atoms. The summed E-state index contributed by atoms with van der Waals surface area (Å²) >= 11 is 12.2. The first kappa shape index (κ1) is 15.1. The van der Waals surface area contributed by atoms with Crippen LogP contribution in [-0.4, -0.2) is 37.0 Å². The maximum absolute atomic E-state index is 12.6.